The number of methoxy groups -OCH3 is 1. The third kappa shape index (κ3) is 4.90. The van der Waals surface area contributed by atoms with E-state index in [1.807, 2.05) is 66.9 Å². The Morgan fingerprint density at radius 3 is 2.71 bits per heavy atom. The third-order valence-corrected chi connectivity index (χ3v) is 10.5. The van der Waals surface area contributed by atoms with Crippen molar-refractivity contribution in [2.75, 3.05) is 18.7 Å². The number of anilines is 1. The van der Waals surface area contributed by atoms with Crippen LogP contribution in [0, 0.1) is 23.7 Å². The molecule has 222 valence electrons. The van der Waals surface area contributed by atoms with E-state index < -0.39 is 29.6 Å². The Morgan fingerprint density at radius 2 is 1.93 bits per heavy atom. The molecule has 3 heterocycles. The first kappa shape index (κ1) is 28.8. The molecule has 2 saturated heterocycles. The highest BCUT2D eigenvalue weighted by Crippen LogP contribution is 2.55. The molecular formula is C33H39N3O5S. The largest absolute Gasteiger partial charge is 0.497 e. The molecule has 2 aromatic carbocycles. The summed E-state index contributed by atoms with van der Waals surface area (Å²) < 4.78 is 11.9. The third-order valence-electron chi connectivity index (χ3n) is 9.78. The van der Waals surface area contributed by atoms with Gasteiger partial charge in [-0.1, -0.05) is 57.0 Å². The predicted octanol–water partition coefficient (Wildman–Crippen LogP) is 4.65. The van der Waals surface area contributed by atoms with E-state index in [2.05, 4.69) is 24.5 Å². The van der Waals surface area contributed by atoms with Gasteiger partial charge in [-0.3, -0.25) is 14.4 Å². The van der Waals surface area contributed by atoms with Crippen molar-refractivity contribution >= 4 is 35.2 Å². The monoisotopic (exact) mass is 589 g/mol. The maximum Gasteiger partial charge on any atom is 0.246 e. The van der Waals surface area contributed by atoms with Crippen LogP contribution in [0.25, 0.3) is 0 Å². The Morgan fingerprint density at radius 1 is 1.12 bits per heavy atom. The summed E-state index contributed by atoms with van der Waals surface area (Å²) in [6.45, 7) is 4.62. The van der Waals surface area contributed by atoms with Crippen LogP contribution in [-0.2, 0) is 25.7 Å². The molecule has 2 aromatic rings. The number of amides is 3. The average Bonchev–Trinajstić information content (AvgIpc) is 3.63. The van der Waals surface area contributed by atoms with Gasteiger partial charge in [0, 0.05) is 23.2 Å². The predicted molar refractivity (Wildman–Crippen MR) is 162 cm³/mol. The number of fused-ring (bicyclic) bond motifs is 1. The van der Waals surface area contributed by atoms with E-state index in [9.17, 15) is 14.4 Å². The van der Waals surface area contributed by atoms with E-state index in [1.165, 1.54) is 0 Å². The molecule has 1 saturated carbocycles. The summed E-state index contributed by atoms with van der Waals surface area (Å²) >= 11 is 1.59. The van der Waals surface area contributed by atoms with Crippen LogP contribution in [0.5, 0.6) is 5.75 Å². The van der Waals surface area contributed by atoms with Gasteiger partial charge in [0.05, 0.1) is 25.0 Å². The van der Waals surface area contributed by atoms with Gasteiger partial charge >= 0.3 is 0 Å². The number of thioether (sulfide) groups is 1. The maximum atomic E-state index is 14.3. The van der Waals surface area contributed by atoms with Crippen molar-refractivity contribution in [1.82, 2.24) is 10.2 Å². The standard InChI is InChI=1S/C33H39N3O5S/c1-19-8-5-13-25(20(19)2)35-31(38)29-33-15-14-26(41-33)27(30(37)34-22-10-7-12-24(17-22)42-4)28(33)32(39)36(29)18-21-9-6-11-23(16-21)40-3/h6-7,9-12,14-17,19-20,25-29H,5,8,13,18H2,1-4H3,(H,34,37)(H,35,38)/t19-,20-,25-,26+,27-,28+,29+,33+/m1/s1. The molecule has 0 unspecified atom stereocenters. The van der Waals surface area contributed by atoms with Crippen LogP contribution in [0.4, 0.5) is 5.69 Å². The average molecular weight is 590 g/mol. The van der Waals surface area contributed by atoms with Crippen molar-refractivity contribution in [2.24, 2.45) is 23.7 Å². The number of ether oxygens (including phenoxy) is 2. The lowest BCUT2D eigenvalue weighted by molar-refractivity contribution is -0.142. The molecule has 8 atom stereocenters. The summed E-state index contributed by atoms with van der Waals surface area (Å²) in [5.74, 6) is -0.798. The van der Waals surface area contributed by atoms with Gasteiger partial charge in [-0.25, -0.2) is 0 Å². The molecule has 42 heavy (non-hydrogen) atoms. The fourth-order valence-electron chi connectivity index (χ4n) is 7.38. The first-order chi connectivity index (χ1) is 20.3. The minimum absolute atomic E-state index is 0.0239. The summed E-state index contributed by atoms with van der Waals surface area (Å²) in [6, 6.07) is 14.3. The fraction of sp³-hybridized carbons (Fsp3) is 0.485. The number of carbonyl (C=O) groups is 3. The lowest BCUT2D eigenvalue weighted by Crippen LogP contribution is -2.57. The molecule has 1 aliphatic carbocycles. The molecule has 3 fully saturated rings. The van der Waals surface area contributed by atoms with Crippen molar-refractivity contribution < 1.29 is 23.9 Å². The molecule has 3 amide bonds. The molecule has 6 rings (SSSR count). The van der Waals surface area contributed by atoms with Gasteiger partial charge in [0.25, 0.3) is 0 Å². The molecule has 3 aliphatic heterocycles. The van der Waals surface area contributed by atoms with E-state index in [4.69, 9.17) is 9.47 Å². The summed E-state index contributed by atoms with van der Waals surface area (Å²) in [6.07, 6.45) is 8.23. The number of nitrogens with zero attached hydrogens (tertiary/aromatic N) is 1. The minimum atomic E-state index is -1.21. The van der Waals surface area contributed by atoms with E-state index >= 15 is 0 Å². The van der Waals surface area contributed by atoms with Crippen LogP contribution < -0.4 is 15.4 Å². The van der Waals surface area contributed by atoms with Crippen molar-refractivity contribution in [3.63, 3.8) is 0 Å². The van der Waals surface area contributed by atoms with Gasteiger partial charge in [-0.2, -0.15) is 0 Å². The summed E-state index contributed by atoms with van der Waals surface area (Å²) in [4.78, 5) is 45.0. The van der Waals surface area contributed by atoms with Crippen molar-refractivity contribution in [3.8, 4) is 5.75 Å². The second-order valence-electron chi connectivity index (χ2n) is 12.1. The van der Waals surface area contributed by atoms with Crippen LogP contribution in [0.1, 0.15) is 38.7 Å². The Balaban J connectivity index is 1.33. The van der Waals surface area contributed by atoms with Gasteiger partial charge < -0.3 is 25.0 Å². The second-order valence-corrected chi connectivity index (χ2v) is 13.0. The van der Waals surface area contributed by atoms with Gasteiger partial charge in [-0.05, 0) is 60.4 Å². The van der Waals surface area contributed by atoms with Crippen LogP contribution >= 0.6 is 11.8 Å². The van der Waals surface area contributed by atoms with Crippen LogP contribution in [0.3, 0.4) is 0 Å². The lowest BCUT2D eigenvalue weighted by Gasteiger charge is -2.38. The van der Waals surface area contributed by atoms with Crippen molar-refractivity contribution in [1.29, 1.82) is 0 Å². The Hall–Kier alpha value is -3.30. The first-order valence-corrected chi connectivity index (χ1v) is 16.0. The Kier molecular flexibility index (Phi) is 7.83. The molecule has 9 heteroatoms. The molecular weight excluding hydrogens is 550 g/mol. The Labute approximate surface area is 251 Å². The normalized spacial score (nSPS) is 33.0. The molecule has 4 aliphatic rings. The lowest BCUT2D eigenvalue weighted by atomic mass is 9.73. The summed E-state index contributed by atoms with van der Waals surface area (Å²) in [7, 11) is 1.60. The summed E-state index contributed by atoms with van der Waals surface area (Å²) in [5.41, 5.74) is 0.295. The SMILES string of the molecule is COc1cccc(CN2C(=O)[C@@H]3[C@H](C(=O)Nc4cccc(SC)c4)[C@@H]4C=C[C@@]3(O4)[C@@H]2C(=O)N[C@@H]2CCC[C@@H](C)[C@H]2C)c1. The number of carbonyl (C=O) groups excluding carboxylic acids is 3. The number of nitrogens with one attached hydrogen (secondary N) is 2. The van der Waals surface area contributed by atoms with Crippen LogP contribution in [0.2, 0.25) is 0 Å². The number of benzene rings is 2. The zero-order valence-electron chi connectivity index (χ0n) is 24.5. The maximum absolute atomic E-state index is 14.3. The quantitative estimate of drug-likeness (QED) is 0.344. The van der Waals surface area contributed by atoms with E-state index in [0.717, 1.165) is 29.7 Å². The molecule has 8 nitrogen and oxygen atoms in total. The van der Waals surface area contributed by atoms with Crippen LogP contribution in [-0.4, -0.2) is 59.8 Å². The highest BCUT2D eigenvalue weighted by atomic mass is 32.2. The molecule has 0 aromatic heterocycles. The smallest absolute Gasteiger partial charge is 0.246 e. The highest BCUT2D eigenvalue weighted by Gasteiger charge is 2.72. The number of hydrogen-bond donors (Lipinski definition) is 2. The second kappa shape index (κ2) is 11.4. The van der Waals surface area contributed by atoms with Gasteiger partial charge in [0.1, 0.15) is 17.4 Å². The van der Waals surface area contributed by atoms with E-state index in [-0.39, 0.29) is 30.3 Å². The zero-order valence-corrected chi connectivity index (χ0v) is 25.4. The van der Waals surface area contributed by atoms with E-state index in [1.54, 1.807) is 23.8 Å². The summed E-state index contributed by atoms with van der Waals surface area (Å²) in [5, 5.41) is 6.33. The van der Waals surface area contributed by atoms with Crippen molar-refractivity contribution in [3.05, 3.63) is 66.2 Å². The van der Waals surface area contributed by atoms with E-state index in [0.29, 0.717) is 23.3 Å². The highest BCUT2D eigenvalue weighted by molar-refractivity contribution is 7.98. The number of likely N-dealkylation sites (tertiary alicyclic amines) is 1. The first-order valence-electron chi connectivity index (χ1n) is 14.8. The van der Waals surface area contributed by atoms with Crippen molar-refractivity contribution in [2.45, 2.75) is 68.3 Å². The Bertz CT molecular complexity index is 1410. The molecule has 2 bridgehead atoms. The molecule has 2 N–H and O–H groups in total. The van der Waals surface area contributed by atoms with Gasteiger partial charge in [0.15, 0.2) is 0 Å². The molecule has 1 spiro atoms. The zero-order chi connectivity index (χ0) is 29.6. The van der Waals surface area contributed by atoms with Gasteiger partial charge in [0.2, 0.25) is 17.7 Å². The molecule has 0 radical (unpaired) electrons. The number of hydrogen-bond acceptors (Lipinski definition) is 6. The topological polar surface area (TPSA) is 97.0 Å². The number of rotatable bonds is 8. The van der Waals surface area contributed by atoms with Gasteiger partial charge in [-0.15, -0.1) is 11.8 Å². The van der Waals surface area contributed by atoms with Crippen LogP contribution in [0.15, 0.2) is 65.6 Å². The minimum Gasteiger partial charge on any atom is -0.497 e. The fourth-order valence-corrected chi connectivity index (χ4v) is 7.84.